The van der Waals surface area contributed by atoms with Gasteiger partial charge in [-0.25, -0.2) is 4.90 Å². The fourth-order valence-electron chi connectivity index (χ4n) is 1.65. The second kappa shape index (κ2) is 6.81. The van der Waals surface area contributed by atoms with Gasteiger partial charge in [0.15, 0.2) is 0 Å². The number of rotatable bonds is 4. The largest absolute Gasteiger partial charge is 0.498 e. The van der Waals surface area contributed by atoms with Crippen molar-refractivity contribution in [1.82, 2.24) is 4.90 Å². The zero-order valence-electron chi connectivity index (χ0n) is 10.6. The van der Waals surface area contributed by atoms with Gasteiger partial charge in [-0.05, 0) is 13.8 Å². The zero-order chi connectivity index (χ0) is 13.7. The summed E-state index contributed by atoms with van der Waals surface area (Å²) in [6.07, 6.45) is 1.68. The van der Waals surface area contributed by atoms with Crippen LogP contribution in [-0.2, 0) is 0 Å². The van der Waals surface area contributed by atoms with Crippen molar-refractivity contribution in [3.63, 3.8) is 0 Å². The fourth-order valence-corrected chi connectivity index (χ4v) is 2.06. The number of hydrogen-bond donors (Lipinski definition) is 1. The van der Waals surface area contributed by atoms with Gasteiger partial charge in [0.05, 0.1) is 11.8 Å². The molecule has 0 radical (unpaired) electrons. The first-order valence-electron chi connectivity index (χ1n) is 5.71. The normalized spacial score (nSPS) is 10.4. The molecule has 1 amide bonds. The molecule has 2 N–H and O–H groups in total. The molecule has 1 aromatic rings. The lowest BCUT2D eigenvalue weighted by Gasteiger charge is -2.15. The molecule has 0 bridgehead atoms. The Bertz CT molecular complexity index is 432. The van der Waals surface area contributed by atoms with Crippen molar-refractivity contribution in [1.29, 1.82) is 0 Å². The van der Waals surface area contributed by atoms with Crippen LogP contribution in [0.4, 0.5) is 10.5 Å². The first-order valence-corrected chi connectivity index (χ1v) is 6.78. The maximum absolute atomic E-state index is 12.3. The highest BCUT2D eigenvalue weighted by Gasteiger charge is 2.25. The van der Waals surface area contributed by atoms with Crippen molar-refractivity contribution >= 4 is 34.9 Å². The van der Waals surface area contributed by atoms with E-state index < -0.39 is 0 Å². The summed E-state index contributed by atoms with van der Waals surface area (Å²) in [4.78, 5) is 14.0. The van der Waals surface area contributed by atoms with Gasteiger partial charge >= 0.3 is 6.03 Å². The van der Waals surface area contributed by atoms with E-state index in [1.165, 1.54) is 0 Å². The molecule has 0 aromatic carbocycles. The number of hydrogen-bond acceptors (Lipinski definition) is 2. The smallest absolute Gasteiger partial charge is 0.398 e. The summed E-state index contributed by atoms with van der Waals surface area (Å²) in [5, 5.41) is 0. The van der Waals surface area contributed by atoms with E-state index in [-0.39, 0.29) is 6.03 Å². The highest BCUT2D eigenvalue weighted by Crippen LogP contribution is 2.10. The molecule has 0 unspecified atom stereocenters. The highest BCUT2D eigenvalue weighted by atomic mass is 35.5. The van der Waals surface area contributed by atoms with Crippen molar-refractivity contribution in [3.8, 4) is 0 Å². The van der Waals surface area contributed by atoms with Gasteiger partial charge in [-0.3, -0.25) is 0 Å². The average molecular weight is 291 g/mol. The molecule has 18 heavy (non-hydrogen) atoms. The molecule has 0 aliphatic carbocycles. The first kappa shape index (κ1) is 15.1. The number of carbonyl (C=O) groups is 1. The van der Waals surface area contributed by atoms with Crippen molar-refractivity contribution in [3.05, 3.63) is 23.5 Å². The van der Waals surface area contributed by atoms with Gasteiger partial charge in [-0.1, -0.05) is 0 Å². The van der Waals surface area contributed by atoms with Gasteiger partial charge in [0, 0.05) is 17.3 Å². The summed E-state index contributed by atoms with van der Waals surface area (Å²) in [5.41, 5.74) is 8.21. The SMILES string of the molecule is Cc1c(N)cc[n+](C(=O)N(CCCl)CCCl)c1C. The maximum Gasteiger partial charge on any atom is 0.498 e. The first-order chi connectivity index (χ1) is 8.52. The van der Waals surface area contributed by atoms with Crippen LogP contribution in [0, 0.1) is 13.8 Å². The molecule has 0 saturated heterocycles. The van der Waals surface area contributed by atoms with Crippen LogP contribution in [0.25, 0.3) is 0 Å². The van der Waals surface area contributed by atoms with Crippen molar-refractivity contribution < 1.29 is 9.36 Å². The third-order valence-electron chi connectivity index (χ3n) is 2.93. The van der Waals surface area contributed by atoms with Crippen LogP contribution in [0.3, 0.4) is 0 Å². The molecular formula is C12H18Cl2N3O+. The number of anilines is 1. The van der Waals surface area contributed by atoms with Crippen LogP contribution in [0.2, 0.25) is 0 Å². The van der Waals surface area contributed by atoms with Gasteiger partial charge in [-0.2, -0.15) is 9.36 Å². The van der Waals surface area contributed by atoms with Crippen molar-refractivity contribution in [2.24, 2.45) is 0 Å². The minimum Gasteiger partial charge on any atom is -0.398 e. The molecule has 6 heteroatoms. The average Bonchev–Trinajstić information content (AvgIpc) is 2.35. The van der Waals surface area contributed by atoms with Crippen LogP contribution in [0.5, 0.6) is 0 Å². The minimum absolute atomic E-state index is 0.128. The second-order valence-corrected chi connectivity index (χ2v) is 4.76. The zero-order valence-corrected chi connectivity index (χ0v) is 12.1. The van der Waals surface area contributed by atoms with Gasteiger partial charge in [-0.15, -0.1) is 23.2 Å². The van der Waals surface area contributed by atoms with E-state index in [9.17, 15) is 4.79 Å². The summed E-state index contributed by atoms with van der Waals surface area (Å²) in [6.45, 7) is 4.71. The van der Waals surface area contributed by atoms with Crippen LogP contribution in [0.15, 0.2) is 12.3 Å². The predicted molar refractivity (Wildman–Crippen MR) is 74.3 cm³/mol. The summed E-state index contributed by atoms with van der Waals surface area (Å²) in [6, 6.07) is 1.59. The van der Waals surface area contributed by atoms with Crippen LogP contribution in [0.1, 0.15) is 11.3 Å². The predicted octanol–water partition coefficient (Wildman–Crippen LogP) is 1.92. The quantitative estimate of drug-likeness (QED) is 0.680. The molecular weight excluding hydrogens is 273 g/mol. The van der Waals surface area contributed by atoms with E-state index in [4.69, 9.17) is 28.9 Å². The van der Waals surface area contributed by atoms with Crippen LogP contribution < -0.4 is 10.3 Å². The number of halogens is 2. The molecule has 0 aliphatic heterocycles. The lowest BCUT2D eigenvalue weighted by Crippen LogP contribution is -2.55. The Morgan fingerprint density at radius 1 is 1.33 bits per heavy atom. The Hall–Kier alpha value is -1.00. The number of carbonyl (C=O) groups excluding carboxylic acids is 1. The summed E-state index contributed by atoms with van der Waals surface area (Å²) in [7, 11) is 0. The number of pyridine rings is 1. The van der Waals surface area contributed by atoms with Crippen LogP contribution in [-0.4, -0.2) is 35.8 Å². The van der Waals surface area contributed by atoms with Crippen molar-refractivity contribution in [2.45, 2.75) is 13.8 Å². The fraction of sp³-hybridized carbons (Fsp3) is 0.500. The Balaban J connectivity index is 3.05. The summed E-state index contributed by atoms with van der Waals surface area (Å²) in [5.74, 6) is 0.770. The second-order valence-electron chi connectivity index (χ2n) is 4.00. The van der Waals surface area contributed by atoms with E-state index >= 15 is 0 Å². The van der Waals surface area contributed by atoms with Gasteiger partial charge < -0.3 is 5.73 Å². The van der Waals surface area contributed by atoms with Gasteiger partial charge in [0.1, 0.15) is 25.0 Å². The van der Waals surface area contributed by atoms with E-state index in [1.807, 2.05) is 13.8 Å². The molecule has 0 saturated carbocycles. The third kappa shape index (κ3) is 3.27. The molecule has 0 aliphatic rings. The third-order valence-corrected chi connectivity index (χ3v) is 3.26. The number of nitrogens with zero attached hydrogens (tertiary/aromatic N) is 2. The summed E-state index contributed by atoms with van der Waals surface area (Å²) < 4.78 is 1.57. The number of nitrogen functional groups attached to an aromatic ring is 1. The minimum atomic E-state index is -0.128. The van der Waals surface area contributed by atoms with Crippen molar-refractivity contribution in [2.75, 3.05) is 30.6 Å². The monoisotopic (exact) mass is 290 g/mol. The lowest BCUT2D eigenvalue weighted by atomic mass is 10.2. The molecule has 0 atom stereocenters. The topological polar surface area (TPSA) is 50.2 Å². The molecule has 1 rings (SSSR count). The lowest BCUT2D eigenvalue weighted by molar-refractivity contribution is -0.585. The maximum atomic E-state index is 12.3. The molecule has 0 fully saturated rings. The van der Waals surface area contributed by atoms with E-state index in [2.05, 4.69) is 0 Å². The number of amides is 1. The number of aromatic nitrogens is 1. The van der Waals surface area contributed by atoms with E-state index in [0.29, 0.717) is 30.5 Å². The van der Waals surface area contributed by atoms with Crippen LogP contribution >= 0.6 is 23.2 Å². The number of nitrogens with two attached hydrogens (primary N) is 1. The standard InChI is InChI=1S/C12H17Cl2N3O/c1-9-10(2)17(6-3-11(9)15)12(18)16(7-4-13)8-5-14/h3,6,15H,4-5,7-8H2,1-2H3/p+1. The van der Waals surface area contributed by atoms with E-state index in [1.54, 1.807) is 21.7 Å². The molecule has 4 nitrogen and oxygen atoms in total. The Labute approximate surface area is 117 Å². The number of alkyl halides is 2. The molecule has 0 spiro atoms. The Kier molecular flexibility index (Phi) is 5.69. The molecule has 100 valence electrons. The molecule has 1 heterocycles. The summed E-state index contributed by atoms with van der Waals surface area (Å²) >= 11 is 11.4. The van der Waals surface area contributed by atoms with Gasteiger partial charge in [0.25, 0.3) is 0 Å². The molecule has 1 aromatic heterocycles. The highest BCUT2D eigenvalue weighted by molar-refractivity contribution is 6.18. The Morgan fingerprint density at radius 2 is 1.89 bits per heavy atom. The van der Waals surface area contributed by atoms with E-state index in [0.717, 1.165) is 11.3 Å². The Morgan fingerprint density at radius 3 is 2.39 bits per heavy atom. The van der Waals surface area contributed by atoms with Gasteiger partial charge in [0.2, 0.25) is 0 Å².